The molecule has 0 aromatic carbocycles. The van der Waals surface area contributed by atoms with Gasteiger partial charge in [0.05, 0.1) is 39.9 Å². The Morgan fingerprint density at radius 3 is 1.15 bits per heavy atom. The van der Waals surface area contributed by atoms with Crippen LogP contribution in [0.15, 0.2) is 36.5 Å². The Morgan fingerprint density at radius 2 is 0.806 bits per heavy atom. The van der Waals surface area contributed by atoms with Crippen molar-refractivity contribution < 1.29 is 32.9 Å². The molecule has 0 radical (unpaired) electrons. The summed E-state index contributed by atoms with van der Waals surface area (Å²) in [6.07, 6.45) is 70.9. The molecule has 0 rings (SSSR count). The molecule has 2 N–H and O–H groups in total. The first-order valence-corrected chi connectivity index (χ1v) is 32.8. The minimum atomic E-state index is -4.60. The number of hydrogen-bond donors (Lipinski definition) is 2. The number of amides is 1. The topological polar surface area (TPSA) is 108 Å². The van der Waals surface area contributed by atoms with Crippen LogP contribution in [0.5, 0.6) is 0 Å². The summed E-state index contributed by atoms with van der Waals surface area (Å²) in [7, 11) is 1.27. The van der Waals surface area contributed by atoms with Crippen molar-refractivity contribution in [3.63, 3.8) is 0 Å². The van der Waals surface area contributed by atoms with Gasteiger partial charge in [-0.1, -0.05) is 288 Å². The van der Waals surface area contributed by atoms with Crippen LogP contribution in [0.25, 0.3) is 0 Å². The van der Waals surface area contributed by atoms with Crippen molar-refractivity contribution in [2.75, 3.05) is 40.9 Å². The van der Waals surface area contributed by atoms with Crippen LogP contribution >= 0.6 is 7.82 Å². The Kier molecular flexibility index (Phi) is 53.5. The standard InChI is InChI=1S/C63H123N2O6P/c1-6-8-10-12-14-16-18-20-22-24-26-28-30-32-34-36-38-40-42-44-46-48-50-52-54-56-62(66)61(60-71-72(68,69)70-59-58-65(3,4)5)64-63(67)57-55-53-51-49-47-45-43-41-39-37-35-33-31-29-27-25-23-21-19-17-15-13-11-9-7-2/h19,21,25,27,54,56,61-62,66H,6-18,20,22-24,26,28-53,55,57-60H2,1-5H3,(H-,64,67,68,69)/b21-19-,27-25-,56-54+. The summed E-state index contributed by atoms with van der Waals surface area (Å²) >= 11 is 0. The fourth-order valence-corrected chi connectivity index (χ4v) is 10.1. The summed E-state index contributed by atoms with van der Waals surface area (Å²) in [4.78, 5) is 25.6. The molecule has 0 saturated carbocycles. The first-order valence-electron chi connectivity index (χ1n) is 31.4. The SMILES string of the molecule is CCCCCCC/C=C\C/C=C\CCCCCCCCCCCCCCCC(=O)NC(COP(=O)([O-])OCC[N+](C)(C)C)C(O)/C=C/CCCCCCCCCCCCCCCCCCCCCCCCC. The number of likely N-dealkylation sites (N-methyl/N-ethyl adjacent to an activating group) is 1. The van der Waals surface area contributed by atoms with Gasteiger partial charge in [-0.25, -0.2) is 0 Å². The van der Waals surface area contributed by atoms with Gasteiger partial charge in [0.15, 0.2) is 0 Å². The molecule has 0 spiro atoms. The molecule has 3 unspecified atom stereocenters. The lowest BCUT2D eigenvalue weighted by molar-refractivity contribution is -0.870. The van der Waals surface area contributed by atoms with E-state index in [1.54, 1.807) is 6.08 Å². The molecule has 8 nitrogen and oxygen atoms in total. The minimum Gasteiger partial charge on any atom is -0.756 e. The molecule has 0 aliphatic heterocycles. The highest BCUT2D eigenvalue weighted by atomic mass is 31.2. The van der Waals surface area contributed by atoms with Gasteiger partial charge in [0, 0.05) is 6.42 Å². The molecule has 72 heavy (non-hydrogen) atoms. The molecular weight excluding hydrogens is 912 g/mol. The Balaban J connectivity index is 4.15. The number of rotatable bonds is 58. The predicted molar refractivity (Wildman–Crippen MR) is 311 cm³/mol. The summed E-state index contributed by atoms with van der Waals surface area (Å²) in [5, 5.41) is 13.9. The number of carbonyl (C=O) groups is 1. The molecule has 0 fully saturated rings. The van der Waals surface area contributed by atoms with Gasteiger partial charge in [-0.2, -0.15) is 0 Å². The van der Waals surface area contributed by atoms with Crippen LogP contribution in [0.3, 0.4) is 0 Å². The van der Waals surface area contributed by atoms with Crippen molar-refractivity contribution in [2.45, 2.75) is 321 Å². The monoisotopic (exact) mass is 1030 g/mol. The van der Waals surface area contributed by atoms with Crippen LogP contribution in [0, 0.1) is 0 Å². The number of aliphatic hydroxyl groups is 1. The summed E-state index contributed by atoms with van der Waals surface area (Å²) in [5.41, 5.74) is 0. The smallest absolute Gasteiger partial charge is 0.268 e. The van der Waals surface area contributed by atoms with E-state index in [1.807, 2.05) is 27.2 Å². The minimum absolute atomic E-state index is 0.000102. The average Bonchev–Trinajstić information content (AvgIpc) is 3.34. The predicted octanol–water partition coefficient (Wildman–Crippen LogP) is 18.7. The summed E-state index contributed by atoms with van der Waals surface area (Å²) in [5.74, 6) is -0.194. The van der Waals surface area contributed by atoms with Crippen LogP contribution in [0.4, 0.5) is 0 Å². The van der Waals surface area contributed by atoms with E-state index in [2.05, 4.69) is 43.5 Å². The second-order valence-corrected chi connectivity index (χ2v) is 24.2. The van der Waals surface area contributed by atoms with E-state index in [4.69, 9.17) is 9.05 Å². The maximum Gasteiger partial charge on any atom is 0.268 e. The van der Waals surface area contributed by atoms with Crippen LogP contribution in [0.1, 0.15) is 309 Å². The van der Waals surface area contributed by atoms with Gasteiger partial charge in [0.2, 0.25) is 5.91 Å². The second kappa shape index (κ2) is 54.5. The van der Waals surface area contributed by atoms with Gasteiger partial charge < -0.3 is 28.8 Å². The molecule has 0 saturated heterocycles. The lowest BCUT2D eigenvalue weighted by atomic mass is 10.0. The number of unbranched alkanes of at least 4 members (excludes halogenated alkanes) is 41. The fourth-order valence-electron chi connectivity index (χ4n) is 9.42. The largest absolute Gasteiger partial charge is 0.756 e. The van der Waals surface area contributed by atoms with E-state index >= 15 is 0 Å². The van der Waals surface area contributed by atoms with Gasteiger partial charge in [-0.3, -0.25) is 9.36 Å². The summed E-state index contributed by atoms with van der Waals surface area (Å²) < 4.78 is 23.4. The Labute approximate surface area is 448 Å². The summed E-state index contributed by atoms with van der Waals surface area (Å²) in [6, 6.07) is -0.887. The van der Waals surface area contributed by atoms with Crippen LogP contribution < -0.4 is 10.2 Å². The van der Waals surface area contributed by atoms with Crippen molar-refractivity contribution in [2.24, 2.45) is 0 Å². The van der Waals surface area contributed by atoms with Gasteiger partial charge in [-0.15, -0.1) is 0 Å². The normalized spacial score (nSPS) is 14.0. The van der Waals surface area contributed by atoms with E-state index in [9.17, 15) is 19.4 Å². The van der Waals surface area contributed by atoms with Gasteiger partial charge in [-0.05, 0) is 51.4 Å². The number of quaternary nitrogens is 1. The van der Waals surface area contributed by atoms with Gasteiger partial charge in [0.25, 0.3) is 7.82 Å². The number of nitrogens with one attached hydrogen (secondary N) is 1. The molecule has 0 aromatic rings. The van der Waals surface area contributed by atoms with Gasteiger partial charge >= 0.3 is 0 Å². The Hall–Kier alpha value is -1.28. The third-order valence-corrected chi connectivity index (χ3v) is 15.3. The first kappa shape index (κ1) is 70.7. The number of nitrogens with zero attached hydrogens (tertiary/aromatic N) is 1. The molecule has 9 heteroatoms. The zero-order valence-electron chi connectivity index (χ0n) is 48.6. The lowest BCUT2D eigenvalue weighted by Crippen LogP contribution is -2.45. The Bertz CT molecular complexity index is 1270. The second-order valence-electron chi connectivity index (χ2n) is 22.8. The van der Waals surface area contributed by atoms with Crippen molar-refractivity contribution in [3.05, 3.63) is 36.5 Å². The van der Waals surface area contributed by atoms with Crippen molar-refractivity contribution >= 4 is 13.7 Å². The highest BCUT2D eigenvalue weighted by molar-refractivity contribution is 7.45. The van der Waals surface area contributed by atoms with E-state index < -0.39 is 20.0 Å². The maximum absolute atomic E-state index is 13.0. The zero-order valence-corrected chi connectivity index (χ0v) is 49.5. The molecule has 0 heterocycles. The number of hydrogen-bond acceptors (Lipinski definition) is 6. The van der Waals surface area contributed by atoms with E-state index in [0.29, 0.717) is 17.4 Å². The Morgan fingerprint density at radius 1 is 0.486 bits per heavy atom. The number of phosphoric acid groups is 1. The number of aliphatic hydroxyl groups excluding tert-OH is 1. The number of allylic oxidation sites excluding steroid dienone is 5. The highest BCUT2D eigenvalue weighted by Gasteiger charge is 2.23. The van der Waals surface area contributed by atoms with Crippen LogP contribution in [-0.2, 0) is 18.4 Å². The first-order chi connectivity index (χ1) is 35.0. The molecule has 0 aromatic heterocycles. The maximum atomic E-state index is 13.0. The van der Waals surface area contributed by atoms with Crippen LogP contribution in [-0.4, -0.2) is 68.5 Å². The molecule has 0 bridgehead atoms. The molecule has 426 valence electrons. The molecule has 3 atom stereocenters. The molecular formula is C63H123N2O6P. The third kappa shape index (κ3) is 56.4. The average molecular weight is 1040 g/mol. The van der Waals surface area contributed by atoms with E-state index in [1.165, 1.54) is 244 Å². The van der Waals surface area contributed by atoms with Crippen molar-refractivity contribution in [1.29, 1.82) is 0 Å². The van der Waals surface area contributed by atoms with E-state index in [-0.39, 0.29) is 19.1 Å². The van der Waals surface area contributed by atoms with Crippen molar-refractivity contribution in [3.8, 4) is 0 Å². The molecule has 0 aliphatic carbocycles. The van der Waals surface area contributed by atoms with Crippen LogP contribution in [0.2, 0.25) is 0 Å². The number of carbonyl (C=O) groups excluding carboxylic acids is 1. The van der Waals surface area contributed by atoms with E-state index in [0.717, 1.165) is 44.9 Å². The van der Waals surface area contributed by atoms with Crippen molar-refractivity contribution in [1.82, 2.24) is 5.32 Å². The highest BCUT2D eigenvalue weighted by Crippen LogP contribution is 2.38. The zero-order chi connectivity index (χ0) is 52.7. The summed E-state index contributed by atoms with van der Waals surface area (Å²) in [6.45, 7) is 4.68. The lowest BCUT2D eigenvalue weighted by Gasteiger charge is -2.29. The third-order valence-electron chi connectivity index (χ3n) is 14.3. The quantitative estimate of drug-likeness (QED) is 0.0272. The molecule has 1 amide bonds. The fraction of sp³-hybridized carbons (Fsp3) is 0.889. The molecule has 0 aliphatic rings. The van der Waals surface area contributed by atoms with Gasteiger partial charge in [0.1, 0.15) is 13.2 Å². The number of phosphoric ester groups is 1.